The summed E-state index contributed by atoms with van der Waals surface area (Å²) >= 11 is 29.0. The van der Waals surface area contributed by atoms with Crippen LogP contribution < -0.4 is 0 Å². The van der Waals surface area contributed by atoms with Crippen LogP contribution in [0.2, 0.25) is 15.1 Å². The molecule has 0 radical (unpaired) electrons. The van der Waals surface area contributed by atoms with Crippen LogP contribution in [0.5, 0.6) is 0 Å². The largest absolute Gasteiger partial charge is 0.134 e. The Kier molecular flexibility index (Phi) is 4.03. The molecule has 0 atom stereocenters. The van der Waals surface area contributed by atoms with Gasteiger partial charge in [-0.25, -0.2) is 0 Å². The quantitative estimate of drug-likeness (QED) is 0.474. The summed E-state index contributed by atoms with van der Waals surface area (Å²) in [7, 11) is 0. The number of benzene rings is 1. The second kappa shape index (κ2) is 4.46. The number of aryl methyl sites for hydroxylation is 1. The van der Waals surface area contributed by atoms with Gasteiger partial charge in [-0.05, 0) is 12.5 Å². The van der Waals surface area contributed by atoms with E-state index in [1.54, 1.807) is 6.07 Å². The van der Waals surface area contributed by atoms with E-state index in [1.165, 1.54) is 0 Å². The smallest absolute Gasteiger partial charge is 0.100 e. The molecule has 13 heavy (non-hydrogen) atoms. The normalized spacial score (nSPS) is 11.0. The van der Waals surface area contributed by atoms with Crippen molar-refractivity contribution >= 4 is 58.0 Å². The molecule has 0 spiro atoms. The molecule has 0 saturated heterocycles. The van der Waals surface area contributed by atoms with Crippen LogP contribution in [0.4, 0.5) is 0 Å². The molecular formula is C8H5Cl5. The molecular weight excluding hydrogens is 273 g/mol. The molecule has 0 amide bonds. The first-order valence-electron chi connectivity index (χ1n) is 3.37. The van der Waals surface area contributed by atoms with Crippen molar-refractivity contribution in [3.63, 3.8) is 0 Å². The van der Waals surface area contributed by atoms with Crippen molar-refractivity contribution in [3.05, 3.63) is 32.3 Å². The Morgan fingerprint density at radius 2 is 1.54 bits per heavy atom. The third kappa shape index (κ3) is 2.37. The van der Waals surface area contributed by atoms with Gasteiger partial charge in [0.2, 0.25) is 0 Å². The second-order valence-electron chi connectivity index (χ2n) is 2.53. The summed E-state index contributed by atoms with van der Waals surface area (Å²) in [5.74, 6) is 0. The Bertz CT molecular complexity index is 332. The van der Waals surface area contributed by atoms with Gasteiger partial charge in [0.25, 0.3) is 0 Å². The van der Waals surface area contributed by atoms with Crippen LogP contribution in [-0.4, -0.2) is 0 Å². The molecule has 0 saturated carbocycles. The fourth-order valence-corrected chi connectivity index (χ4v) is 2.08. The average molecular weight is 278 g/mol. The van der Waals surface area contributed by atoms with E-state index in [0.717, 1.165) is 5.56 Å². The van der Waals surface area contributed by atoms with Crippen LogP contribution in [0.25, 0.3) is 0 Å². The van der Waals surface area contributed by atoms with Crippen LogP contribution in [0.3, 0.4) is 0 Å². The standard InChI is InChI=1S/C8H5Cl5/c1-3-2-4(8(12)13)6(10)7(11)5(3)9/h2,8H,1H3. The molecule has 0 unspecified atom stereocenters. The number of rotatable bonds is 1. The number of alkyl halides is 2. The van der Waals surface area contributed by atoms with E-state index >= 15 is 0 Å². The molecule has 0 aliphatic rings. The van der Waals surface area contributed by atoms with Crippen LogP contribution in [0, 0.1) is 6.92 Å². The van der Waals surface area contributed by atoms with Gasteiger partial charge >= 0.3 is 0 Å². The highest BCUT2D eigenvalue weighted by molar-refractivity contribution is 6.50. The number of hydrogen-bond acceptors (Lipinski definition) is 0. The van der Waals surface area contributed by atoms with Gasteiger partial charge in [-0.1, -0.05) is 40.9 Å². The zero-order valence-corrected chi connectivity index (χ0v) is 10.3. The third-order valence-corrected chi connectivity index (χ3v) is 3.53. The van der Waals surface area contributed by atoms with Crippen LogP contribution in [-0.2, 0) is 0 Å². The van der Waals surface area contributed by atoms with Gasteiger partial charge in [0.15, 0.2) is 0 Å². The molecule has 1 aromatic rings. The number of hydrogen-bond donors (Lipinski definition) is 0. The SMILES string of the molecule is Cc1cc(C(Cl)Cl)c(Cl)c(Cl)c1Cl. The van der Waals surface area contributed by atoms with E-state index in [1.807, 2.05) is 6.92 Å². The lowest BCUT2D eigenvalue weighted by molar-refractivity contribution is 1.31. The highest BCUT2D eigenvalue weighted by atomic mass is 35.5. The van der Waals surface area contributed by atoms with E-state index in [0.29, 0.717) is 20.6 Å². The summed E-state index contributed by atoms with van der Waals surface area (Å²) in [5, 5.41) is 1.04. The summed E-state index contributed by atoms with van der Waals surface area (Å²) in [4.78, 5) is -0.694. The van der Waals surface area contributed by atoms with Gasteiger partial charge in [0.05, 0.1) is 15.1 Å². The maximum atomic E-state index is 5.88. The summed E-state index contributed by atoms with van der Waals surface area (Å²) in [6.07, 6.45) is 0. The Morgan fingerprint density at radius 3 is 2.00 bits per heavy atom. The molecule has 0 aliphatic carbocycles. The summed E-state index contributed by atoms with van der Waals surface area (Å²) < 4.78 is 0. The van der Waals surface area contributed by atoms with Crippen molar-refractivity contribution in [2.24, 2.45) is 0 Å². The Labute approximate surface area is 102 Å². The average Bonchev–Trinajstić information content (AvgIpc) is 2.07. The molecule has 1 aromatic carbocycles. The third-order valence-electron chi connectivity index (χ3n) is 1.59. The zero-order chi connectivity index (χ0) is 10.2. The van der Waals surface area contributed by atoms with Crippen LogP contribution in [0.15, 0.2) is 6.07 Å². The van der Waals surface area contributed by atoms with Crippen LogP contribution >= 0.6 is 58.0 Å². The molecule has 0 fully saturated rings. The predicted octanol–water partition coefficient (Wildman–Crippen LogP) is 5.43. The van der Waals surface area contributed by atoms with Crippen molar-refractivity contribution < 1.29 is 0 Å². The molecule has 0 aromatic heterocycles. The molecule has 0 aliphatic heterocycles. The minimum atomic E-state index is -0.694. The number of halogens is 5. The first-order valence-corrected chi connectivity index (χ1v) is 5.38. The lowest BCUT2D eigenvalue weighted by Gasteiger charge is -2.10. The van der Waals surface area contributed by atoms with E-state index in [9.17, 15) is 0 Å². The molecule has 0 heterocycles. The fraction of sp³-hybridized carbons (Fsp3) is 0.250. The summed E-state index contributed by atoms with van der Waals surface area (Å²) in [5.41, 5.74) is 1.38. The van der Waals surface area contributed by atoms with Crippen molar-refractivity contribution in [3.8, 4) is 0 Å². The lowest BCUT2D eigenvalue weighted by Crippen LogP contribution is -1.88. The first kappa shape index (κ1) is 11.7. The van der Waals surface area contributed by atoms with Crippen molar-refractivity contribution in [2.75, 3.05) is 0 Å². The maximum Gasteiger partial charge on any atom is 0.134 e. The van der Waals surface area contributed by atoms with Gasteiger partial charge in [-0.2, -0.15) is 0 Å². The maximum absolute atomic E-state index is 5.88. The Balaban J connectivity index is 3.41. The zero-order valence-electron chi connectivity index (χ0n) is 6.54. The van der Waals surface area contributed by atoms with Crippen LogP contribution in [0.1, 0.15) is 16.0 Å². The monoisotopic (exact) mass is 276 g/mol. The van der Waals surface area contributed by atoms with Crippen molar-refractivity contribution in [1.82, 2.24) is 0 Å². The van der Waals surface area contributed by atoms with Gasteiger partial charge in [-0.3, -0.25) is 0 Å². The van der Waals surface area contributed by atoms with E-state index < -0.39 is 4.84 Å². The van der Waals surface area contributed by atoms with Gasteiger partial charge < -0.3 is 0 Å². The van der Waals surface area contributed by atoms with E-state index in [-0.39, 0.29) is 0 Å². The van der Waals surface area contributed by atoms with Crippen molar-refractivity contribution in [1.29, 1.82) is 0 Å². The summed E-state index contributed by atoms with van der Waals surface area (Å²) in [6, 6.07) is 1.72. The molecule has 1 rings (SSSR count). The minimum absolute atomic E-state index is 0.296. The highest BCUT2D eigenvalue weighted by Gasteiger charge is 2.15. The minimum Gasteiger partial charge on any atom is -0.100 e. The summed E-state index contributed by atoms with van der Waals surface area (Å²) in [6.45, 7) is 1.81. The van der Waals surface area contributed by atoms with Gasteiger partial charge in [-0.15, -0.1) is 23.2 Å². The topological polar surface area (TPSA) is 0 Å². The van der Waals surface area contributed by atoms with Crippen molar-refractivity contribution in [2.45, 2.75) is 11.8 Å². The molecule has 72 valence electrons. The lowest BCUT2D eigenvalue weighted by atomic mass is 10.1. The Morgan fingerprint density at radius 1 is 1.00 bits per heavy atom. The molecule has 0 N–H and O–H groups in total. The van der Waals surface area contributed by atoms with E-state index in [4.69, 9.17) is 58.0 Å². The second-order valence-corrected chi connectivity index (χ2v) is 4.76. The predicted molar refractivity (Wildman–Crippen MR) is 60.7 cm³/mol. The molecule has 0 nitrogen and oxygen atoms in total. The first-order chi connectivity index (χ1) is 5.95. The van der Waals surface area contributed by atoms with Gasteiger partial charge in [0.1, 0.15) is 4.84 Å². The van der Waals surface area contributed by atoms with E-state index in [2.05, 4.69) is 0 Å². The molecule has 5 heteroatoms. The van der Waals surface area contributed by atoms with Gasteiger partial charge in [0, 0.05) is 5.56 Å². The highest BCUT2D eigenvalue weighted by Crippen LogP contribution is 2.40. The molecule has 0 bridgehead atoms. The fourth-order valence-electron chi connectivity index (χ4n) is 0.915. The Hall–Kier alpha value is 0.670.